The first-order chi connectivity index (χ1) is 4.47. The van der Waals surface area contributed by atoms with Gasteiger partial charge in [0.15, 0.2) is 0 Å². The summed E-state index contributed by atoms with van der Waals surface area (Å²) in [5.74, 6) is 0.944. The van der Waals surface area contributed by atoms with Gasteiger partial charge >= 0.3 is 6.18 Å². The molecule has 0 saturated heterocycles. The standard InChI is InChI=1S/C3H2F4.C2H6S/c4-2-1-3(5,6)7;1-2-3/h1-2H;3H,2H2,1H3/b2-1+;. The number of allylic oxidation sites excluding steroid dienone is 1. The van der Waals surface area contributed by atoms with E-state index in [2.05, 4.69) is 12.6 Å². The van der Waals surface area contributed by atoms with Gasteiger partial charge in [0, 0.05) is 6.08 Å². The molecular formula is C5H8F4S. The van der Waals surface area contributed by atoms with Crippen molar-refractivity contribution >= 4 is 12.6 Å². The molecule has 0 fully saturated rings. The van der Waals surface area contributed by atoms with Gasteiger partial charge in [-0.3, -0.25) is 0 Å². The Labute approximate surface area is 62.3 Å². The van der Waals surface area contributed by atoms with Crippen LogP contribution in [0.5, 0.6) is 0 Å². The highest BCUT2D eigenvalue weighted by molar-refractivity contribution is 7.80. The molecule has 0 aromatic carbocycles. The topological polar surface area (TPSA) is 0 Å². The summed E-state index contributed by atoms with van der Waals surface area (Å²) in [7, 11) is 0. The third kappa shape index (κ3) is 25.0. The third-order valence-electron chi connectivity index (χ3n) is 0.252. The zero-order chi connectivity index (χ0) is 8.62. The molecule has 0 aliphatic carbocycles. The van der Waals surface area contributed by atoms with Crippen molar-refractivity contribution in [3.63, 3.8) is 0 Å². The van der Waals surface area contributed by atoms with Crippen molar-refractivity contribution in [1.29, 1.82) is 0 Å². The Bertz CT molecular complexity index is 86.1. The molecule has 5 heteroatoms. The summed E-state index contributed by atoms with van der Waals surface area (Å²) in [6.07, 6.45) is -5.53. The van der Waals surface area contributed by atoms with Crippen LogP contribution in [-0.4, -0.2) is 11.9 Å². The molecule has 62 valence electrons. The Kier molecular flexibility index (Phi) is 8.64. The number of alkyl halides is 3. The fraction of sp³-hybridized carbons (Fsp3) is 0.600. The number of hydrogen-bond acceptors (Lipinski definition) is 1. The molecular weight excluding hydrogens is 168 g/mol. The Morgan fingerprint density at radius 3 is 1.70 bits per heavy atom. The van der Waals surface area contributed by atoms with Gasteiger partial charge < -0.3 is 0 Å². The van der Waals surface area contributed by atoms with Crippen LogP contribution in [0.1, 0.15) is 6.92 Å². The van der Waals surface area contributed by atoms with Crippen molar-refractivity contribution in [2.75, 3.05) is 5.75 Å². The lowest BCUT2D eigenvalue weighted by molar-refractivity contribution is -0.0805. The van der Waals surface area contributed by atoms with E-state index in [1.165, 1.54) is 0 Å². The molecule has 0 amide bonds. The first-order valence-electron chi connectivity index (χ1n) is 2.43. The van der Waals surface area contributed by atoms with E-state index >= 15 is 0 Å². The van der Waals surface area contributed by atoms with Gasteiger partial charge in [0.05, 0.1) is 6.33 Å². The second kappa shape index (κ2) is 6.92. The van der Waals surface area contributed by atoms with Crippen LogP contribution < -0.4 is 0 Å². The van der Waals surface area contributed by atoms with Gasteiger partial charge in [-0.05, 0) is 5.75 Å². The lowest BCUT2D eigenvalue weighted by Crippen LogP contribution is -1.99. The molecule has 0 bridgehead atoms. The van der Waals surface area contributed by atoms with Crippen LogP contribution in [0.15, 0.2) is 12.4 Å². The zero-order valence-electron chi connectivity index (χ0n) is 5.32. The summed E-state index contributed by atoms with van der Waals surface area (Å²) >= 11 is 3.79. The van der Waals surface area contributed by atoms with Crippen molar-refractivity contribution < 1.29 is 17.6 Å². The lowest BCUT2D eigenvalue weighted by Gasteiger charge is -1.92. The fourth-order valence-electron chi connectivity index (χ4n) is 0.0714. The van der Waals surface area contributed by atoms with Gasteiger partial charge in [-0.15, -0.1) is 0 Å². The minimum atomic E-state index is -4.51. The van der Waals surface area contributed by atoms with E-state index in [9.17, 15) is 17.6 Å². The van der Waals surface area contributed by atoms with Crippen molar-refractivity contribution in [2.24, 2.45) is 0 Å². The van der Waals surface area contributed by atoms with Gasteiger partial charge in [-0.2, -0.15) is 25.8 Å². The van der Waals surface area contributed by atoms with Gasteiger partial charge in [0.2, 0.25) is 0 Å². The van der Waals surface area contributed by atoms with Crippen molar-refractivity contribution in [1.82, 2.24) is 0 Å². The molecule has 0 atom stereocenters. The summed E-state index contributed by atoms with van der Waals surface area (Å²) in [6.45, 7) is 1.99. The van der Waals surface area contributed by atoms with E-state index in [1.807, 2.05) is 6.92 Å². The number of hydrogen-bond donors (Lipinski definition) is 1. The summed E-state index contributed by atoms with van der Waals surface area (Å²) in [4.78, 5) is 0. The molecule has 0 aromatic heterocycles. The molecule has 0 radical (unpaired) electrons. The minimum Gasteiger partial charge on any atom is -0.216 e. The summed E-state index contributed by atoms with van der Waals surface area (Å²) in [6, 6.07) is 0. The summed E-state index contributed by atoms with van der Waals surface area (Å²) in [5, 5.41) is 0. The van der Waals surface area contributed by atoms with Crippen molar-refractivity contribution in [2.45, 2.75) is 13.1 Å². The largest absolute Gasteiger partial charge is 0.411 e. The minimum absolute atomic E-state index is 0.479. The summed E-state index contributed by atoms with van der Waals surface area (Å²) < 4.78 is 42.8. The highest BCUT2D eigenvalue weighted by Gasteiger charge is 2.21. The molecule has 0 aliphatic rings. The Balaban J connectivity index is 0. The van der Waals surface area contributed by atoms with Crippen LogP contribution in [-0.2, 0) is 0 Å². The van der Waals surface area contributed by atoms with Gasteiger partial charge in [-0.1, -0.05) is 6.92 Å². The molecule has 0 nitrogen and oxygen atoms in total. The number of rotatable bonds is 0. The average Bonchev–Trinajstić information content (AvgIpc) is 1.63. The molecule has 0 aromatic rings. The second-order valence-electron chi connectivity index (χ2n) is 1.15. The molecule has 0 unspecified atom stereocenters. The predicted molar refractivity (Wildman–Crippen MR) is 35.8 cm³/mol. The lowest BCUT2D eigenvalue weighted by atomic mass is 10.6. The maximum absolute atomic E-state index is 10.7. The maximum Gasteiger partial charge on any atom is 0.411 e. The van der Waals surface area contributed by atoms with E-state index < -0.39 is 18.6 Å². The van der Waals surface area contributed by atoms with E-state index in [-0.39, 0.29) is 0 Å². The van der Waals surface area contributed by atoms with E-state index in [1.54, 1.807) is 0 Å². The molecule has 0 heterocycles. The van der Waals surface area contributed by atoms with Crippen LogP contribution >= 0.6 is 12.6 Å². The predicted octanol–water partition coefficient (Wildman–Crippen LogP) is 2.97. The Morgan fingerprint density at radius 2 is 1.70 bits per heavy atom. The smallest absolute Gasteiger partial charge is 0.216 e. The number of thiol groups is 1. The van der Waals surface area contributed by atoms with Gasteiger partial charge in [0.1, 0.15) is 0 Å². The van der Waals surface area contributed by atoms with E-state index in [0.29, 0.717) is 0 Å². The fourth-order valence-corrected chi connectivity index (χ4v) is 0.0714. The average molecular weight is 176 g/mol. The third-order valence-corrected chi connectivity index (χ3v) is 0.252. The molecule has 0 saturated carbocycles. The van der Waals surface area contributed by atoms with Crippen LogP contribution in [0.4, 0.5) is 17.6 Å². The van der Waals surface area contributed by atoms with Gasteiger partial charge in [-0.25, -0.2) is 4.39 Å². The Morgan fingerprint density at radius 1 is 1.40 bits per heavy atom. The van der Waals surface area contributed by atoms with Crippen LogP contribution in [0.2, 0.25) is 0 Å². The second-order valence-corrected chi connectivity index (χ2v) is 1.78. The van der Waals surface area contributed by atoms with Crippen LogP contribution in [0.25, 0.3) is 0 Å². The normalized spacial score (nSPS) is 11.0. The zero-order valence-corrected chi connectivity index (χ0v) is 6.22. The van der Waals surface area contributed by atoms with Crippen molar-refractivity contribution in [3.8, 4) is 0 Å². The van der Waals surface area contributed by atoms with E-state index in [4.69, 9.17) is 0 Å². The molecule has 0 rings (SSSR count). The Hall–Kier alpha value is -0.190. The molecule has 0 N–H and O–H groups in total. The van der Waals surface area contributed by atoms with Crippen LogP contribution in [0.3, 0.4) is 0 Å². The molecule has 0 aliphatic heterocycles. The molecule has 10 heavy (non-hydrogen) atoms. The van der Waals surface area contributed by atoms with E-state index in [0.717, 1.165) is 5.75 Å². The first-order valence-corrected chi connectivity index (χ1v) is 3.06. The quantitative estimate of drug-likeness (QED) is 0.425. The monoisotopic (exact) mass is 176 g/mol. The highest BCUT2D eigenvalue weighted by Crippen LogP contribution is 2.15. The van der Waals surface area contributed by atoms with Crippen LogP contribution in [0, 0.1) is 0 Å². The number of halogens is 4. The highest BCUT2D eigenvalue weighted by atomic mass is 32.1. The summed E-state index contributed by atoms with van der Waals surface area (Å²) in [5.41, 5.74) is 0. The van der Waals surface area contributed by atoms with Crippen molar-refractivity contribution in [3.05, 3.63) is 12.4 Å². The molecule has 0 spiro atoms. The first kappa shape index (κ1) is 12.5. The SMILES string of the molecule is CCS.F/C=C/C(F)(F)F. The van der Waals surface area contributed by atoms with Gasteiger partial charge in [0.25, 0.3) is 0 Å². The maximum atomic E-state index is 10.7.